The maximum absolute atomic E-state index is 13.0. The van der Waals surface area contributed by atoms with Gasteiger partial charge in [-0.1, -0.05) is 30.3 Å². The van der Waals surface area contributed by atoms with Crippen LogP contribution in [-0.2, 0) is 5.54 Å². The fourth-order valence-corrected chi connectivity index (χ4v) is 2.03. The summed E-state index contributed by atoms with van der Waals surface area (Å²) in [6.07, 6.45) is 0. The van der Waals surface area contributed by atoms with E-state index in [9.17, 15) is 4.39 Å². The van der Waals surface area contributed by atoms with Gasteiger partial charge in [-0.2, -0.15) is 0 Å². The molecule has 18 heavy (non-hydrogen) atoms. The number of rotatable bonds is 2. The summed E-state index contributed by atoms with van der Waals surface area (Å²) in [5.74, 6) is -0.241. The molecule has 0 aliphatic rings. The Morgan fingerprint density at radius 2 is 1.44 bits per heavy atom. The van der Waals surface area contributed by atoms with E-state index >= 15 is 0 Å². The van der Waals surface area contributed by atoms with Crippen molar-refractivity contribution in [2.45, 2.75) is 26.3 Å². The predicted octanol–water partition coefficient (Wildman–Crippen LogP) is 3.66. The lowest BCUT2D eigenvalue weighted by Gasteiger charge is -2.26. The summed E-state index contributed by atoms with van der Waals surface area (Å²) in [4.78, 5) is 0. The second-order valence-electron chi connectivity index (χ2n) is 5.01. The third kappa shape index (κ3) is 2.29. The van der Waals surface area contributed by atoms with Crippen molar-refractivity contribution in [2.75, 3.05) is 0 Å². The van der Waals surface area contributed by atoms with Gasteiger partial charge in [-0.3, -0.25) is 0 Å². The molecular formula is C16H18FN. The minimum atomic E-state index is -0.605. The molecule has 1 nitrogen and oxygen atoms in total. The molecule has 2 heteroatoms. The highest BCUT2D eigenvalue weighted by Crippen LogP contribution is 2.27. The van der Waals surface area contributed by atoms with Crippen molar-refractivity contribution in [2.24, 2.45) is 5.73 Å². The van der Waals surface area contributed by atoms with E-state index in [1.54, 1.807) is 12.1 Å². The molecule has 94 valence electrons. The minimum absolute atomic E-state index is 0.241. The van der Waals surface area contributed by atoms with Crippen LogP contribution in [0.25, 0.3) is 0 Å². The van der Waals surface area contributed by atoms with Gasteiger partial charge in [-0.15, -0.1) is 0 Å². The molecule has 0 aliphatic carbocycles. The van der Waals surface area contributed by atoms with Crippen molar-refractivity contribution in [1.29, 1.82) is 0 Å². The van der Waals surface area contributed by atoms with Crippen molar-refractivity contribution in [3.05, 3.63) is 70.5 Å². The molecular weight excluding hydrogens is 225 g/mol. The van der Waals surface area contributed by atoms with Crippen molar-refractivity contribution >= 4 is 0 Å². The Bertz CT molecular complexity index is 556. The molecule has 0 aromatic heterocycles. The van der Waals surface area contributed by atoms with E-state index in [-0.39, 0.29) is 5.82 Å². The average Bonchev–Trinajstić information content (AvgIpc) is 2.33. The standard InChI is InChI=1S/C16H18FN/c1-11-4-5-14(10-12(11)2)16(3,18)13-6-8-15(17)9-7-13/h4-10H,18H2,1-3H3. The fourth-order valence-electron chi connectivity index (χ4n) is 2.03. The van der Waals surface area contributed by atoms with Crippen LogP contribution in [0.3, 0.4) is 0 Å². The minimum Gasteiger partial charge on any atom is -0.318 e. The Hall–Kier alpha value is -1.67. The van der Waals surface area contributed by atoms with E-state index in [1.165, 1.54) is 23.3 Å². The lowest BCUT2D eigenvalue weighted by Crippen LogP contribution is -2.34. The van der Waals surface area contributed by atoms with Gasteiger partial charge in [0.2, 0.25) is 0 Å². The molecule has 0 heterocycles. The van der Waals surface area contributed by atoms with Crippen LogP contribution in [0.1, 0.15) is 29.2 Å². The van der Waals surface area contributed by atoms with E-state index in [1.807, 2.05) is 13.0 Å². The third-order valence-corrected chi connectivity index (χ3v) is 3.55. The molecule has 0 fully saturated rings. The van der Waals surface area contributed by atoms with Crippen LogP contribution in [0.15, 0.2) is 42.5 Å². The van der Waals surface area contributed by atoms with Crippen LogP contribution in [0.2, 0.25) is 0 Å². The second kappa shape index (κ2) is 4.54. The lowest BCUT2D eigenvalue weighted by atomic mass is 9.84. The molecule has 0 radical (unpaired) electrons. The Labute approximate surface area is 107 Å². The molecule has 0 saturated heterocycles. The largest absolute Gasteiger partial charge is 0.318 e. The Kier molecular flexibility index (Phi) is 3.22. The molecule has 2 aromatic carbocycles. The van der Waals surface area contributed by atoms with E-state index in [4.69, 9.17) is 5.73 Å². The zero-order valence-electron chi connectivity index (χ0n) is 11.0. The predicted molar refractivity (Wildman–Crippen MR) is 73.0 cm³/mol. The van der Waals surface area contributed by atoms with Crippen LogP contribution in [0.5, 0.6) is 0 Å². The van der Waals surface area contributed by atoms with Crippen LogP contribution < -0.4 is 5.73 Å². The van der Waals surface area contributed by atoms with E-state index < -0.39 is 5.54 Å². The zero-order valence-corrected chi connectivity index (χ0v) is 11.0. The summed E-state index contributed by atoms with van der Waals surface area (Å²) in [6, 6.07) is 12.6. The average molecular weight is 243 g/mol. The second-order valence-corrected chi connectivity index (χ2v) is 5.01. The summed E-state index contributed by atoms with van der Waals surface area (Å²) >= 11 is 0. The monoisotopic (exact) mass is 243 g/mol. The summed E-state index contributed by atoms with van der Waals surface area (Å²) in [5.41, 5.74) is 10.2. The van der Waals surface area contributed by atoms with Crippen molar-refractivity contribution < 1.29 is 4.39 Å². The molecule has 0 amide bonds. The van der Waals surface area contributed by atoms with Gasteiger partial charge < -0.3 is 5.73 Å². The van der Waals surface area contributed by atoms with Crippen LogP contribution in [0, 0.1) is 19.7 Å². The normalized spacial score (nSPS) is 14.3. The first-order valence-corrected chi connectivity index (χ1v) is 6.04. The highest BCUT2D eigenvalue weighted by atomic mass is 19.1. The van der Waals surface area contributed by atoms with E-state index in [0.717, 1.165) is 11.1 Å². The Morgan fingerprint density at radius 1 is 0.889 bits per heavy atom. The number of aryl methyl sites for hydroxylation is 2. The van der Waals surface area contributed by atoms with Gasteiger partial charge in [0, 0.05) is 0 Å². The summed E-state index contributed by atoms with van der Waals surface area (Å²) < 4.78 is 13.0. The van der Waals surface area contributed by atoms with E-state index in [2.05, 4.69) is 26.0 Å². The number of nitrogens with two attached hydrogens (primary N) is 1. The maximum Gasteiger partial charge on any atom is 0.123 e. The fraction of sp³-hybridized carbons (Fsp3) is 0.250. The molecule has 1 atom stereocenters. The molecule has 0 saturated carbocycles. The number of hydrogen-bond acceptors (Lipinski definition) is 1. The first kappa shape index (κ1) is 12.8. The van der Waals surface area contributed by atoms with Gasteiger partial charge in [0.05, 0.1) is 5.54 Å². The lowest BCUT2D eigenvalue weighted by molar-refractivity contribution is 0.592. The Balaban J connectivity index is 2.46. The molecule has 2 N–H and O–H groups in total. The molecule has 0 aliphatic heterocycles. The van der Waals surface area contributed by atoms with Crippen molar-refractivity contribution in [3.63, 3.8) is 0 Å². The van der Waals surface area contributed by atoms with Gasteiger partial charge in [0.25, 0.3) is 0 Å². The molecule has 0 spiro atoms. The van der Waals surface area contributed by atoms with Crippen molar-refractivity contribution in [3.8, 4) is 0 Å². The number of halogens is 1. The van der Waals surface area contributed by atoms with Gasteiger partial charge in [0.1, 0.15) is 5.82 Å². The molecule has 0 bridgehead atoms. The molecule has 2 aromatic rings. The van der Waals surface area contributed by atoms with Gasteiger partial charge in [0.15, 0.2) is 0 Å². The van der Waals surface area contributed by atoms with Crippen LogP contribution in [0.4, 0.5) is 4.39 Å². The number of benzene rings is 2. The zero-order chi connectivity index (χ0) is 13.3. The molecule has 2 rings (SSSR count). The highest BCUT2D eigenvalue weighted by molar-refractivity contribution is 5.40. The first-order chi connectivity index (χ1) is 8.41. The summed E-state index contributed by atoms with van der Waals surface area (Å²) in [6.45, 7) is 6.09. The first-order valence-electron chi connectivity index (χ1n) is 6.04. The Morgan fingerprint density at radius 3 is 2.00 bits per heavy atom. The van der Waals surface area contributed by atoms with Crippen LogP contribution >= 0.6 is 0 Å². The van der Waals surface area contributed by atoms with E-state index in [0.29, 0.717) is 0 Å². The van der Waals surface area contributed by atoms with Gasteiger partial charge >= 0.3 is 0 Å². The van der Waals surface area contributed by atoms with Crippen molar-refractivity contribution in [1.82, 2.24) is 0 Å². The summed E-state index contributed by atoms with van der Waals surface area (Å²) in [5, 5.41) is 0. The topological polar surface area (TPSA) is 26.0 Å². The maximum atomic E-state index is 13.0. The smallest absolute Gasteiger partial charge is 0.123 e. The van der Waals surface area contributed by atoms with Crippen LogP contribution in [-0.4, -0.2) is 0 Å². The number of hydrogen-bond donors (Lipinski definition) is 1. The molecule has 1 unspecified atom stereocenters. The summed E-state index contributed by atoms with van der Waals surface area (Å²) in [7, 11) is 0. The third-order valence-electron chi connectivity index (χ3n) is 3.55. The highest BCUT2D eigenvalue weighted by Gasteiger charge is 2.23. The van der Waals surface area contributed by atoms with Gasteiger partial charge in [-0.05, 0) is 55.2 Å². The SMILES string of the molecule is Cc1ccc(C(C)(N)c2ccc(F)cc2)cc1C. The quantitative estimate of drug-likeness (QED) is 0.855. The van der Waals surface area contributed by atoms with Gasteiger partial charge in [-0.25, -0.2) is 4.39 Å².